The van der Waals surface area contributed by atoms with Gasteiger partial charge in [0.25, 0.3) is 0 Å². The van der Waals surface area contributed by atoms with Crippen LogP contribution in [0.3, 0.4) is 0 Å². The van der Waals surface area contributed by atoms with Gasteiger partial charge in [0.2, 0.25) is 5.91 Å². The molecule has 0 aliphatic rings. The Morgan fingerprint density at radius 2 is 1.80 bits per heavy atom. The van der Waals surface area contributed by atoms with Crippen molar-refractivity contribution in [2.45, 2.75) is 53.5 Å². The van der Waals surface area contributed by atoms with Crippen molar-refractivity contribution in [3.05, 3.63) is 0 Å². The quantitative estimate of drug-likeness (QED) is 0.549. The third kappa shape index (κ3) is 6.37. The topological polar surface area (TPSA) is 64.6 Å². The molecule has 0 bridgehead atoms. The van der Waals surface area contributed by atoms with Gasteiger partial charge in [0.15, 0.2) is 0 Å². The summed E-state index contributed by atoms with van der Waals surface area (Å²) in [6, 6.07) is -0.0724. The smallest absolute Gasteiger partial charge is 0.319 e. The summed E-state index contributed by atoms with van der Waals surface area (Å²) in [5, 5.41) is 2.90. The van der Waals surface area contributed by atoms with Crippen molar-refractivity contribution in [2.75, 3.05) is 20.3 Å². The van der Waals surface area contributed by atoms with Crippen LogP contribution in [-0.4, -0.2) is 38.2 Å². The molecule has 0 spiro atoms. The second-order valence-corrected chi connectivity index (χ2v) is 6.00. The molecule has 0 aromatic carbocycles. The van der Waals surface area contributed by atoms with Gasteiger partial charge < -0.3 is 14.8 Å². The second kappa shape index (κ2) is 8.95. The fourth-order valence-electron chi connectivity index (χ4n) is 2.11. The molecule has 2 unspecified atom stereocenters. The fraction of sp³-hybridized carbons (Fsp3) is 0.867. The van der Waals surface area contributed by atoms with Crippen LogP contribution in [0.5, 0.6) is 0 Å². The summed E-state index contributed by atoms with van der Waals surface area (Å²) >= 11 is 0. The van der Waals surface area contributed by atoms with E-state index >= 15 is 0 Å². The number of carbonyl (C=O) groups excluding carboxylic acids is 2. The Hall–Kier alpha value is -1.10. The number of hydrogen-bond acceptors (Lipinski definition) is 4. The molecular weight excluding hydrogens is 258 g/mol. The molecule has 118 valence electrons. The summed E-state index contributed by atoms with van der Waals surface area (Å²) in [4.78, 5) is 24.4. The number of carbonyl (C=O) groups is 2. The Kier molecular flexibility index (Phi) is 8.46. The lowest BCUT2D eigenvalue weighted by molar-refractivity contribution is -0.157. The largest absolute Gasteiger partial charge is 0.465 e. The van der Waals surface area contributed by atoms with Gasteiger partial charge >= 0.3 is 5.97 Å². The summed E-state index contributed by atoms with van der Waals surface area (Å²) in [5.41, 5.74) is -0.486. The molecule has 0 aliphatic carbocycles. The molecule has 5 nitrogen and oxygen atoms in total. The summed E-state index contributed by atoms with van der Waals surface area (Å²) in [6.07, 6.45) is 1.76. The molecule has 2 atom stereocenters. The maximum absolute atomic E-state index is 12.4. The molecule has 0 radical (unpaired) electrons. The molecule has 0 aliphatic heterocycles. The van der Waals surface area contributed by atoms with E-state index in [1.807, 2.05) is 27.7 Å². The summed E-state index contributed by atoms with van der Waals surface area (Å²) in [6.45, 7) is 10.1. The molecule has 0 heterocycles. The first-order valence-electron chi connectivity index (χ1n) is 7.23. The first kappa shape index (κ1) is 18.9. The van der Waals surface area contributed by atoms with Gasteiger partial charge in [-0.2, -0.15) is 0 Å². The van der Waals surface area contributed by atoms with Crippen LogP contribution < -0.4 is 5.32 Å². The maximum Gasteiger partial charge on any atom is 0.319 e. The Balaban J connectivity index is 4.90. The minimum absolute atomic E-state index is 0.0724. The molecule has 0 aromatic heterocycles. The minimum Gasteiger partial charge on any atom is -0.465 e. The highest BCUT2D eigenvalue weighted by molar-refractivity contribution is 5.98. The number of hydrogen-bond donors (Lipinski definition) is 1. The number of methoxy groups -OCH3 is 1. The molecule has 0 fully saturated rings. The average Bonchev–Trinajstić information content (AvgIpc) is 2.27. The summed E-state index contributed by atoms with van der Waals surface area (Å²) in [7, 11) is 1.60. The zero-order chi connectivity index (χ0) is 15.8. The Morgan fingerprint density at radius 1 is 1.20 bits per heavy atom. The van der Waals surface area contributed by atoms with Crippen LogP contribution in [0.4, 0.5) is 0 Å². The Morgan fingerprint density at radius 3 is 2.20 bits per heavy atom. The highest BCUT2D eigenvalue weighted by Crippen LogP contribution is 2.27. The van der Waals surface area contributed by atoms with Gasteiger partial charge in [-0.3, -0.25) is 9.59 Å². The van der Waals surface area contributed by atoms with Crippen molar-refractivity contribution in [3.8, 4) is 0 Å². The fourth-order valence-corrected chi connectivity index (χ4v) is 2.11. The van der Waals surface area contributed by atoms with Crippen molar-refractivity contribution in [1.82, 2.24) is 5.32 Å². The molecular formula is C15H29NO4. The number of nitrogens with one attached hydrogen (secondary N) is 1. The van der Waals surface area contributed by atoms with Gasteiger partial charge in [-0.25, -0.2) is 0 Å². The molecule has 5 heteroatoms. The van der Waals surface area contributed by atoms with Crippen molar-refractivity contribution in [1.29, 1.82) is 0 Å². The van der Waals surface area contributed by atoms with E-state index in [1.54, 1.807) is 14.0 Å². The van der Waals surface area contributed by atoms with E-state index in [4.69, 9.17) is 9.47 Å². The minimum atomic E-state index is -0.807. The lowest BCUT2D eigenvalue weighted by Crippen LogP contribution is -2.48. The molecule has 0 aromatic rings. The van der Waals surface area contributed by atoms with Crippen LogP contribution in [0, 0.1) is 11.3 Å². The van der Waals surface area contributed by atoms with Gasteiger partial charge in [0, 0.05) is 7.11 Å². The number of amides is 1. The average molecular weight is 287 g/mol. The van der Waals surface area contributed by atoms with Crippen molar-refractivity contribution in [3.63, 3.8) is 0 Å². The highest BCUT2D eigenvalue weighted by atomic mass is 16.5. The van der Waals surface area contributed by atoms with Crippen molar-refractivity contribution in [2.24, 2.45) is 11.3 Å². The SMILES string of the molecule is CCCC(COC)NC(=O)C(C(=O)OCC)C(C)(C)C. The molecule has 0 rings (SSSR count). The van der Waals surface area contributed by atoms with E-state index in [2.05, 4.69) is 5.32 Å². The predicted octanol–water partition coefficient (Wildman–Crippen LogP) is 2.14. The molecule has 1 N–H and O–H groups in total. The van der Waals surface area contributed by atoms with Gasteiger partial charge in [0.1, 0.15) is 5.92 Å². The van der Waals surface area contributed by atoms with E-state index < -0.39 is 17.3 Å². The van der Waals surface area contributed by atoms with Crippen LogP contribution in [0.2, 0.25) is 0 Å². The van der Waals surface area contributed by atoms with Crippen LogP contribution in [0.15, 0.2) is 0 Å². The standard InChI is InChI=1S/C15H29NO4/c1-7-9-11(10-19-6)16-13(17)12(15(3,4)5)14(18)20-8-2/h11-12H,7-10H2,1-6H3,(H,16,17). The lowest BCUT2D eigenvalue weighted by Gasteiger charge is -2.29. The Labute approximate surface area is 122 Å². The maximum atomic E-state index is 12.4. The number of esters is 1. The summed E-state index contributed by atoms with van der Waals surface area (Å²) < 4.78 is 10.1. The first-order chi connectivity index (χ1) is 9.27. The third-order valence-electron chi connectivity index (χ3n) is 3.00. The Bertz CT molecular complexity index is 303. The van der Waals surface area contributed by atoms with Crippen molar-refractivity contribution >= 4 is 11.9 Å². The predicted molar refractivity (Wildman–Crippen MR) is 78.3 cm³/mol. The van der Waals surface area contributed by atoms with Gasteiger partial charge in [0.05, 0.1) is 19.3 Å². The first-order valence-corrected chi connectivity index (χ1v) is 7.23. The zero-order valence-corrected chi connectivity index (χ0v) is 13.6. The molecule has 20 heavy (non-hydrogen) atoms. The number of rotatable bonds is 8. The monoisotopic (exact) mass is 287 g/mol. The van der Waals surface area contributed by atoms with Gasteiger partial charge in [-0.1, -0.05) is 34.1 Å². The number of ether oxygens (including phenoxy) is 2. The second-order valence-electron chi connectivity index (χ2n) is 6.00. The summed E-state index contributed by atoms with van der Waals surface area (Å²) in [5.74, 6) is -1.56. The van der Waals surface area contributed by atoms with Crippen LogP contribution >= 0.6 is 0 Å². The van der Waals surface area contributed by atoms with E-state index in [0.717, 1.165) is 12.8 Å². The lowest BCUT2D eigenvalue weighted by atomic mass is 9.80. The zero-order valence-electron chi connectivity index (χ0n) is 13.6. The van der Waals surface area contributed by atoms with E-state index in [-0.39, 0.29) is 18.6 Å². The van der Waals surface area contributed by atoms with Crippen LogP contribution in [0.25, 0.3) is 0 Å². The van der Waals surface area contributed by atoms with E-state index in [1.165, 1.54) is 0 Å². The highest BCUT2D eigenvalue weighted by Gasteiger charge is 2.39. The van der Waals surface area contributed by atoms with Crippen molar-refractivity contribution < 1.29 is 19.1 Å². The van der Waals surface area contributed by atoms with Gasteiger partial charge in [-0.05, 0) is 18.8 Å². The van der Waals surface area contributed by atoms with E-state index in [0.29, 0.717) is 6.61 Å². The normalized spacial score (nSPS) is 14.5. The van der Waals surface area contributed by atoms with E-state index in [9.17, 15) is 9.59 Å². The molecule has 0 saturated heterocycles. The molecule has 0 saturated carbocycles. The van der Waals surface area contributed by atoms with Crippen LogP contribution in [0.1, 0.15) is 47.5 Å². The molecule has 1 amide bonds. The third-order valence-corrected chi connectivity index (χ3v) is 3.00. The van der Waals surface area contributed by atoms with Gasteiger partial charge in [-0.15, -0.1) is 0 Å². The van der Waals surface area contributed by atoms with Crippen LogP contribution in [-0.2, 0) is 19.1 Å².